The van der Waals surface area contributed by atoms with E-state index in [1.807, 2.05) is 20.8 Å². The lowest BCUT2D eigenvalue weighted by molar-refractivity contribution is 0.0508. The second-order valence-electron chi connectivity index (χ2n) is 5.93. The minimum absolute atomic E-state index is 0.237. The number of hydrogen-bond acceptors (Lipinski definition) is 3. The molecular weight excluding hydrogens is 204 g/mol. The van der Waals surface area contributed by atoms with Crippen LogP contribution in [0.25, 0.3) is 0 Å². The Morgan fingerprint density at radius 3 is 2.62 bits per heavy atom. The van der Waals surface area contributed by atoms with Gasteiger partial charge in [-0.1, -0.05) is 0 Å². The molecule has 2 fully saturated rings. The maximum atomic E-state index is 11.5. The first-order valence-electron chi connectivity index (χ1n) is 6.17. The molecule has 0 aromatic rings. The third-order valence-electron chi connectivity index (χ3n) is 3.08. The molecule has 92 valence electrons. The number of hydrogen-bond donors (Lipinski definition) is 2. The number of carbonyl (C=O) groups excluding carboxylic acids is 1. The monoisotopic (exact) mass is 226 g/mol. The van der Waals surface area contributed by atoms with Gasteiger partial charge in [-0.2, -0.15) is 0 Å². The van der Waals surface area contributed by atoms with Crippen LogP contribution in [0.4, 0.5) is 4.79 Å². The molecule has 2 rings (SSSR count). The molecule has 1 aliphatic carbocycles. The third-order valence-corrected chi connectivity index (χ3v) is 3.08. The van der Waals surface area contributed by atoms with E-state index in [-0.39, 0.29) is 12.1 Å². The van der Waals surface area contributed by atoms with Crippen molar-refractivity contribution in [3.63, 3.8) is 0 Å². The maximum Gasteiger partial charge on any atom is 0.407 e. The highest BCUT2D eigenvalue weighted by Gasteiger charge is 2.37. The normalized spacial score (nSPS) is 30.2. The lowest BCUT2D eigenvalue weighted by Crippen LogP contribution is -2.40. The molecule has 2 N–H and O–H groups in total. The zero-order chi connectivity index (χ0) is 11.8. The van der Waals surface area contributed by atoms with Crippen LogP contribution in [0.5, 0.6) is 0 Å². The zero-order valence-electron chi connectivity index (χ0n) is 10.4. The van der Waals surface area contributed by atoms with Crippen molar-refractivity contribution in [2.24, 2.45) is 5.92 Å². The van der Waals surface area contributed by atoms with Gasteiger partial charge in [-0.15, -0.1) is 0 Å². The van der Waals surface area contributed by atoms with E-state index < -0.39 is 5.60 Å². The van der Waals surface area contributed by atoms with Crippen LogP contribution in [-0.4, -0.2) is 30.3 Å². The van der Waals surface area contributed by atoms with E-state index in [1.165, 1.54) is 12.8 Å². The van der Waals surface area contributed by atoms with Crippen LogP contribution in [-0.2, 0) is 4.74 Å². The van der Waals surface area contributed by atoms with Crippen LogP contribution in [0, 0.1) is 5.92 Å². The first-order valence-corrected chi connectivity index (χ1v) is 6.17. The molecule has 0 spiro atoms. The van der Waals surface area contributed by atoms with Gasteiger partial charge in [0.2, 0.25) is 0 Å². The fraction of sp³-hybridized carbons (Fsp3) is 0.917. The summed E-state index contributed by atoms with van der Waals surface area (Å²) in [7, 11) is 0. The van der Waals surface area contributed by atoms with Crippen molar-refractivity contribution >= 4 is 6.09 Å². The molecule has 1 saturated carbocycles. The average molecular weight is 226 g/mol. The first-order chi connectivity index (χ1) is 7.44. The van der Waals surface area contributed by atoms with Crippen LogP contribution in [0.1, 0.15) is 40.0 Å². The predicted molar refractivity (Wildman–Crippen MR) is 62.3 cm³/mol. The van der Waals surface area contributed by atoms with Crippen molar-refractivity contribution < 1.29 is 9.53 Å². The summed E-state index contributed by atoms with van der Waals surface area (Å²) in [4.78, 5) is 11.5. The Morgan fingerprint density at radius 1 is 1.38 bits per heavy atom. The summed E-state index contributed by atoms with van der Waals surface area (Å²) in [6.45, 7) is 6.52. The summed E-state index contributed by atoms with van der Waals surface area (Å²) >= 11 is 0. The van der Waals surface area contributed by atoms with Gasteiger partial charge in [-0.25, -0.2) is 4.79 Å². The Morgan fingerprint density at radius 2 is 2.06 bits per heavy atom. The second kappa shape index (κ2) is 4.24. The van der Waals surface area contributed by atoms with Crippen LogP contribution >= 0.6 is 0 Å². The SMILES string of the molecule is CC(C)(C)OC(=O)NC1CNC(C2CC2)C1. The van der Waals surface area contributed by atoms with Crippen LogP contribution in [0.2, 0.25) is 0 Å². The van der Waals surface area contributed by atoms with E-state index in [1.54, 1.807) is 0 Å². The van der Waals surface area contributed by atoms with Gasteiger partial charge < -0.3 is 15.4 Å². The second-order valence-corrected chi connectivity index (χ2v) is 5.93. The Labute approximate surface area is 97.1 Å². The summed E-state index contributed by atoms with van der Waals surface area (Å²) in [6.07, 6.45) is 3.44. The topological polar surface area (TPSA) is 50.4 Å². The van der Waals surface area contributed by atoms with E-state index in [9.17, 15) is 4.79 Å². The molecule has 4 nitrogen and oxygen atoms in total. The van der Waals surface area contributed by atoms with Gasteiger partial charge in [0.25, 0.3) is 0 Å². The van der Waals surface area contributed by atoms with Crippen molar-refractivity contribution in [2.75, 3.05) is 6.54 Å². The van der Waals surface area contributed by atoms with E-state index in [0.717, 1.165) is 18.9 Å². The van der Waals surface area contributed by atoms with Crippen molar-refractivity contribution in [1.29, 1.82) is 0 Å². The van der Waals surface area contributed by atoms with Gasteiger partial charge >= 0.3 is 6.09 Å². The number of rotatable bonds is 2. The van der Waals surface area contributed by atoms with Gasteiger partial charge in [0, 0.05) is 18.6 Å². The van der Waals surface area contributed by atoms with Crippen molar-refractivity contribution in [3.05, 3.63) is 0 Å². The molecule has 0 aromatic heterocycles. The summed E-state index contributed by atoms with van der Waals surface area (Å²) in [5.41, 5.74) is -0.411. The summed E-state index contributed by atoms with van der Waals surface area (Å²) < 4.78 is 5.23. The van der Waals surface area contributed by atoms with Gasteiger partial charge in [0.05, 0.1) is 0 Å². The molecule has 2 aliphatic rings. The fourth-order valence-corrected chi connectivity index (χ4v) is 2.21. The minimum Gasteiger partial charge on any atom is -0.444 e. The zero-order valence-corrected chi connectivity index (χ0v) is 10.4. The van der Waals surface area contributed by atoms with Crippen molar-refractivity contribution in [3.8, 4) is 0 Å². The molecule has 16 heavy (non-hydrogen) atoms. The van der Waals surface area contributed by atoms with E-state index >= 15 is 0 Å². The smallest absolute Gasteiger partial charge is 0.407 e. The molecular formula is C12H22N2O2. The van der Waals surface area contributed by atoms with Gasteiger partial charge in [0.15, 0.2) is 0 Å². The van der Waals surface area contributed by atoms with Crippen molar-refractivity contribution in [1.82, 2.24) is 10.6 Å². The number of amides is 1. The molecule has 2 atom stereocenters. The minimum atomic E-state index is -0.411. The molecule has 1 amide bonds. The van der Waals surface area contributed by atoms with E-state index in [4.69, 9.17) is 4.74 Å². The van der Waals surface area contributed by atoms with Gasteiger partial charge in [-0.05, 0) is 46.0 Å². The number of ether oxygens (including phenoxy) is 1. The highest BCUT2D eigenvalue weighted by molar-refractivity contribution is 5.68. The maximum absolute atomic E-state index is 11.5. The molecule has 0 aromatic carbocycles. The Bertz CT molecular complexity index is 269. The lowest BCUT2D eigenvalue weighted by atomic mass is 10.1. The number of carbonyl (C=O) groups is 1. The van der Waals surface area contributed by atoms with Gasteiger partial charge in [0.1, 0.15) is 5.60 Å². The number of alkyl carbamates (subject to hydrolysis) is 1. The molecule has 0 bridgehead atoms. The van der Waals surface area contributed by atoms with Crippen LogP contribution in [0.3, 0.4) is 0 Å². The standard InChI is InChI=1S/C12H22N2O2/c1-12(2,3)16-11(15)14-9-6-10(13-7-9)8-4-5-8/h8-10,13H,4-7H2,1-3H3,(H,14,15). The molecule has 2 unspecified atom stereocenters. The Balaban J connectivity index is 1.71. The highest BCUT2D eigenvalue weighted by atomic mass is 16.6. The Hall–Kier alpha value is -0.770. The molecule has 0 radical (unpaired) electrons. The molecule has 4 heteroatoms. The highest BCUT2D eigenvalue weighted by Crippen LogP contribution is 2.36. The third kappa shape index (κ3) is 3.37. The molecule has 1 aliphatic heterocycles. The summed E-state index contributed by atoms with van der Waals surface area (Å²) in [6, 6.07) is 0.848. The average Bonchev–Trinajstić information content (AvgIpc) is 2.85. The van der Waals surface area contributed by atoms with Crippen LogP contribution < -0.4 is 10.6 Å². The number of nitrogens with one attached hydrogen (secondary N) is 2. The lowest BCUT2D eigenvalue weighted by Gasteiger charge is -2.21. The fourth-order valence-electron chi connectivity index (χ4n) is 2.21. The first kappa shape index (κ1) is 11.7. The largest absolute Gasteiger partial charge is 0.444 e. The van der Waals surface area contributed by atoms with E-state index in [0.29, 0.717) is 6.04 Å². The quantitative estimate of drug-likeness (QED) is 0.752. The van der Waals surface area contributed by atoms with Gasteiger partial charge in [-0.3, -0.25) is 0 Å². The summed E-state index contributed by atoms with van der Waals surface area (Å²) in [5.74, 6) is 0.852. The summed E-state index contributed by atoms with van der Waals surface area (Å²) in [5, 5.41) is 6.39. The Kier molecular flexibility index (Phi) is 3.10. The van der Waals surface area contributed by atoms with Crippen molar-refractivity contribution in [2.45, 2.75) is 57.7 Å². The van der Waals surface area contributed by atoms with E-state index in [2.05, 4.69) is 10.6 Å². The van der Waals surface area contributed by atoms with Crippen LogP contribution in [0.15, 0.2) is 0 Å². The molecule has 1 saturated heterocycles. The predicted octanol–water partition coefficient (Wildman–Crippen LogP) is 1.65. The molecule has 1 heterocycles.